The number of nitrogens with zero attached hydrogens (tertiary/aromatic N) is 1. The smallest absolute Gasteiger partial charge is 0.312 e. The molecule has 15 heavy (non-hydrogen) atoms. The van der Waals surface area contributed by atoms with E-state index >= 15 is 0 Å². The molecule has 0 bridgehead atoms. The summed E-state index contributed by atoms with van der Waals surface area (Å²) >= 11 is 0. The van der Waals surface area contributed by atoms with E-state index in [1.165, 1.54) is 0 Å². The number of likely N-dealkylation sites (tertiary alicyclic amines) is 1. The number of hydrogen-bond acceptors (Lipinski definition) is 3. The van der Waals surface area contributed by atoms with Gasteiger partial charge in [0.2, 0.25) is 0 Å². The summed E-state index contributed by atoms with van der Waals surface area (Å²) in [5.74, 6) is -0.269. The summed E-state index contributed by atoms with van der Waals surface area (Å²) in [5, 5.41) is 19.4. The van der Waals surface area contributed by atoms with Crippen LogP contribution >= 0.6 is 0 Å². The maximum absolute atomic E-state index is 11.4. The van der Waals surface area contributed by atoms with Crippen molar-refractivity contribution in [2.75, 3.05) is 20.1 Å². The molecule has 4 nitrogen and oxygen atoms in total. The number of β-amino-alcohol motifs (C(OH)–C–C–N with tert-alkyl or cyclic N) is 1. The van der Waals surface area contributed by atoms with Crippen molar-refractivity contribution in [3.05, 3.63) is 0 Å². The molecule has 1 aliphatic heterocycles. The van der Waals surface area contributed by atoms with Gasteiger partial charge in [-0.05, 0) is 32.4 Å². The molecule has 1 saturated heterocycles. The average Bonchev–Trinajstić information content (AvgIpc) is 2.93. The average molecular weight is 213 g/mol. The number of carbonyl (C=O) groups is 1. The fourth-order valence-corrected chi connectivity index (χ4v) is 2.53. The van der Waals surface area contributed by atoms with E-state index in [0.717, 1.165) is 19.4 Å². The second kappa shape index (κ2) is 3.76. The fraction of sp³-hybridized carbons (Fsp3) is 0.909. The topological polar surface area (TPSA) is 60.8 Å². The summed E-state index contributed by atoms with van der Waals surface area (Å²) in [6.07, 6.45) is 2.80. The number of aliphatic hydroxyl groups is 1. The molecule has 2 unspecified atom stereocenters. The van der Waals surface area contributed by atoms with Crippen LogP contribution in [0, 0.1) is 11.3 Å². The highest BCUT2D eigenvalue weighted by molar-refractivity contribution is 5.75. The Morgan fingerprint density at radius 1 is 1.53 bits per heavy atom. The van der Waals surface area contributed by atoms with E-state index in [9.17, 15) is 15.0 Å². The summed E-state index contributed by atoms with van der Waals surface area (Å²) in [6.45, 7) is 1.26. The van der Waals surface area contributed by atoms with Crippen molar-refractivity contribution in [3.8, 4) is 0 Å². The Kier molecular flexibility index (Phi) is 2.73. The second-order valence-electron chi connectivity index (χ2n) is 5.14. The maximum Gasteiger partial charge on any atom is 0.312 e. The lowest BCUT2D eigenvalue weighted by Gasteiger charge is -2.41. The summed E-state index contributed by atoms with van der Waals surface area (Å²) < 4.78 is 0. The van der Waals surface area contributed by atoms with Crippen molar-refractivity contribution in [1.29, 1.82) is 0 Å². The van der Waals surface area contributed by atoms with Crippen LogP contribution in [0.15, 0.2) is 0 Å². The Labute approximate surface area is 89.9 Å². The summed E-state index contributed by atoms with van der Waals surface area (Å²) in [4.78, 5) is 13.4. The van der Waals surface area contributed by atoms with Crippen molar-refractivity contribution in [3.63, 3.8) is 0 Å². The van der Waals surface area contributed by atoms with Crippen LogP contribution in [0.2, 0.25) is 0 Å². The monoisotopic (exact) mass is 213 g/mol. The number of likely N-dealkylation sites (N-methyl/N-ethyl adjacent to an activating group) is 1. The quantitative estimate of drug-likeness (QED) is 0.719. The van der Waals surface area contributed by atoms with Crippen LogP contribution < -0.4 is 0 Å². The van der Waals surface area contributed by atoms with Crippen LogP contribution in [0.5, 0.6) is 0 Å². The Balaban J connectivity index is 2.12. The third-order valence-corrected chi connectivity index (χ3v) is 3.84. The minimum atomic E-state index is -0.867. The summed E-state index contributed by atoms with van der Waals surface area (Å²) in [5.41, 5.74) is -0.867. The van der Waals surface area contributed by atoms with Gasteiger partial charge in [-0.15, -0.1) is 0 Å². The molecule has 2 aliphatic rings. The van der Waals surface area contributed by atoms with E-state index in [1.54, 1.807) is 0 Å². The zero-order valence-electron chi connectivity index (χ0n) is 9.15. The molecule has 2 fully saturated rings. The molecule has 0 aromatic heterocycles. The van der Waals surface area contributed by atoms with Crippen LogP contribution in [0.4, 0.5) is 0 Å². The lowest BCUT2D eigenvalue weighted by Crippen LogP contribution is -2.54. The molecule has 0 radical (unpaired) electrons. The standard InChI is InChI=1S/C11H19NO3/c1-12-5-4-11(10(14)15,9(13)7-12)6-8-2-3-8/h8-9,13H,2-7H2,1H3,(H,14,15). The Morgan fingerprint density at radius 3 is 2.67 bits per heavy atom. The highest BCUT2D eigenvalue weighted by Gasteiger charge is 2.50. The lowest BCUT2D eigenvalue weighted by molar-refractivity contribution is -0.163. The van der Waals surface area contributed by atoms with Crippen LogP contribution in [0.3, 0.4) is 0 Å². The van der Waals surface area contributed by atoms with Gasteiger partial charge in [0.25, 0.3) is 0 Å². The molecular weight excluding hydrogens is 194 g/mol. The van der Waals surface area contributed by atoms with Crippen LogP contribution in [-0.4, -0.2) is 47.3 Å². The van der Waals surface area contributed by atoms with Gasteiger partial charge >= 0.3 is 5.97 Å². The lowest BCUT2D eigenvalue weighted by atomic mass is 9.72. The number of hydrogen-bond donors (Lipinski definition) is 2. The molecule has 2 rings (SSSR count). The first kappa shape index (κ1) is 10.9. The first-order valence-corrected chi connectivity index (χ1v) is 5.64. The van der Waals surface area contributed by atoms with Gasteiger partial charge in [-0.3, -0.25) is 4.79 Å². The molecule has 1 saturated carbocycles. The van der Waals surface area contributed by atoms with E-state index in [2.05, 4.69) is 0 Å². The SMILES string of the molecule is CN1CCC(CC2CC2)(C(=O)O)C(O)C1. The second-order valence-corrected chi connectivity index (χ2v) is 5.14. The number of rotatable bonds is 3. The van der Waals surface area contributed by atoms with Gasteiger partial charge in [0.1, 0.15) is 0 Å². The summed E-state index contributed by atoms with van der Waals surface area (Å²) in [6, 6.07) is 0. The van der Waals surface area contributed by atoms with Gasteiger partial charge < -0.3 is 15.1 Å². The first-order valence-electron chi connectivity index (χ1n) is 5.64. The third-order valence-electron chi connectivity index (χ3n) is 3.84. The van der Waals surface area contributed by atoms with Crippen molar-refractivity contribution in [2.45, 2.75) is 31.8 Å². The van der Waals surface area contributed by atoms with E-state index < -0.39 is 17.5 Å². The zero-order chi connectivity index (χ0) is 11.1. The number of aliphatic carboxylic acids is 1. The van der Waals surface area contributed by atoms with Crippen molar-refractivity contribution < 1.29 is 15.0 Å². The molecule has 4 heteroatoms. The Morgan fingerprint density at radius 2 is 2.20 bits per heavy atom. The Hall–Kier alpha value is -0.610. The molecule has 1 aliphatic carbocycles. The molecule has 2 N–H and O–H groups in total. The van der Waals surface area contributed by atoms with E-state index in [1.807, 2.05) is 11.9 Å². The summed E-state index contributed by atoms with van der Waals surface area (Å²) in [7, 11) is 1.92. The van der Waals surface area contributed by atoms with Crippen molar-refractivity contribution in [2.24, 2.45) is 11.3 Å². The zero-order valence-corrected chi connectivity index (χ0v) is 9.15. The van der Waals surface area contributed by atoms with E-state index in [4.69, 9.17) is 0 Å². The number of carboxylic acid groups (broad SMARTS) is 1. The van der Waals surface area contributed by atoms with Crippen LogP contribution in [-0.2, 0) is 4.79 Å². The Bertz CT molecular complexity index is 265. The van der Waals surface area contributed by atoms with Crippen LogP contribution in [0.1, 0.15) is 25.7 Å². The molecule has 0 aromatic rings. The molecule has 2 atom stereocenters. The largest absolute Gasteiger partial charge is 0.481 e. The van der Waals surface area contributed by atoms with E-state index in [-0.39, 0.29) is 0 Å². The van der Waals surface area contributed by atoms with E-state index in [0.29, 0.717) is 25.3 Å². The predicted molar refractivity (Wildman–Crippen MR) is 55.5 cm³/mol. The van der Waals surface area contributed by atoms with Gasteiger partial charge in [0.05, 0.1) is 11.5 Å². The van der Waals surface area contributed by atoms with Crippen molar-refractivity contribution >= 4 is 5.97 Å². The molecular formula is C11H19NO3. The molecule has 1 heterocycles. The van der Waals surface area contributed by atoms with Gasteiger partial charge in [-0.25, -0.2) is 0 Å². The number of carboxylic acids is 1. The first-order chi connectivity index (χ1) is 7.04. The predicted octanol–water partition coefficient (Wildman–Crippen LogP) is 0.554. The van der Waals surface area contributed by atoms with Gasteiger partial charge in [0.15, 0.2) is 0 Å². The van der Waals surface area contributed by atoms with Crippen molar-refractivity contribution in [1.82, 2.24) is 4.90 Å². The highest BCUT2D eigenvalue weighted by atomic mass is 16.4. The van der Waals surface area contributed by atoms with Gasteiger partial charge in [-0.2, -0.15) is 0 Å². The maximum atomic E-state index is 11.4. The van der Waals surface area contributed by atoms with Gasteiger partial charge in [0, 0.05) is 6.54 Å². The minimum absolute atomic E-state index is 0.485. The molecule has 0 amide bonds. The number of piperidine rings is 1. The fourth-order valence-electron chi connectivity index (χ4n) is 2.53. The normalized spacial score (nSPS) is 37.9. The number of aliphatic hydroxyl groups excluding tert-OH is 1. The molecule has 0 spiro atoms. The third kappa shape index (κ3) is 2.01. The molecule has 86 valence electrons. The highest BCUT2D eigenvalue weighted by Crippen LogP contribution is 2.45. The molecule has 0 aromatic carbocycles. The minimum Gasteiger partial charge on any atom is -0.481 e. The van der Waals surface area contributed by atoms with Gasteiger partial charge in [-0.1, -0.05) is 12.8 Å². The van der Waals surface area contributed by atoms with Crippen LogP contribution in [0.25, 0.3) is 0 Å².